The van der Waals surface area contributed by atoms with Crippen LogP contribution in [0, 0.1) is 0 Å². The Hall–Kier alpha value is -2.27. The SMILES string of the molecule is O=C(OCc1ccccc1)N1C=CC=C(OCC2CCN2)C1. The highest BCUT2D eigenvalue weighted by Crippen LogP contribution is 2.13. The average Bonchev–Trinajstić information content (AvgIpc) is 2.52. The zero-order chi connectivity index (χ0) is 15.2. The summed E-state index contributed by atoms with van der Waals surface area (Å²) in [6.45, 7) is 2.39. The second-order valence-corrected chi connectivity index (χ2v) is 5.39. The molecule has 0 spiro atoms. The molecule has 1 atom stereocenters. The molecule has 116 valence electrons. The number of carbonyl (C=O) groups is 1. The number of ether oxygens (including phenoxy) is 2. The third kappa shape index (κ3) is 3.89. The van der Waals surface area contributed by atoms with Crippen molar-refractivity contribution >= 4 is 6.09 Å². The molecule has 1 N–H and O–H groups in total. The first-order valence-electron chi connectivity index (χ1n) is 7.52. The molecule has 1 fully saturated rings. The summed E-state index contributed by atoms with van der Waals surface area (Å²) in [5.74, 6) is 0.785. The van der Waals surface area contributed by atoms with Crippen LogP contribution in [0.15, 0.2) is 54.4 Å². The first kappa shape index (κ1) is 14.7. The Bertz CT molecular complexity index is 565. The summed E-state index contributed by atoms with van der Waals surface area (Å²) in [4.78, 5) is 13.6. The molecule has 22 heavy (non-hydrogen) atoms. The van der Waals surface area contributed by atoms with Crippen molar-refractivity contribution in [3.05, 3.63) is 60.0 Å². The van der Waals surface area contributed by atoms with Crippen LogP contribution >= 0.6 is 0 Å². The van der Waals surface area contributed by atoms with Gasteiger partial charge in [-0.05, 0) is 30.7 Å². The molecule has 1 amide bonds. The maximum atomic E-state index is 12.1. The van der Waals surface area contributed by atoms with Crippen LogP contribution < -0.4 is 5.32 Å². The van der Waals surface area contributed by atoms with Crippen molar-refractivity contribution in [2.45, 2.75) is 19.1 Å². The molecule has 5 nitrogen and oxygen atoms in total. The van der Waals surface area contributed by atoms with Crippen LogP contribution in [0.1, 0.15) is 12.0 Å². The zero-order valence-electron chi connectivity index (χ0n) is 12.4. The Morgan fingerprint density at radius 3 is 2.86 bits per heavy atom. The number of allylic oxidation sites excluding steroid dienone is 2. The Morgan fingerprint density at radius 1 is 1.32 bits per heavy atom. The van der Waals surface area contributed by atoms with E-state index in [1.807, 2.05) is 36.4 Å². The molecular weight excluding hydrogens is 280 g/mol. The molecule has 1 saturated heterocycles. The highest BCUT2D eigenvalue weighted by molar-refractivity contribution is 5.69. The molecule has 1 unspecified atom stereocenters. The summed E-state index contributed by atoms with van der Waals surface area (Å²) in [6.07, 6.45) is 6.18. The lowest BCUT2D eigenvalue weighted by molar-refractivity contribution is 0.0979. The van der Waals surface area contributed by atoms with E-state index in [-0.39, 0.29) is 12.7 Å². The number of nitrogens with zero attached hydrogens (tertiary/aromatic N) is 1. The molecule has 3 rings (SSSR count). The van der Waals surface area contributed by atoms with Gasteiger partial charge in [-0.3, -0.25) is 4.90 Å². The van der Waals surface area contributed by atoms with E-state index in [1.54, 1.807) is 12.3 Å². The summed E-state index contributed by atoms with van der Waals surface area (Å²) >= 11 is 0. The normalized spacial score (nSPS) is 20.1. The van der Waals surface area contributed by atoms with E-state index in [2.05, 4.69) is 5.32 Å². The standard InChI is InChI=1S/C17H20N2O3/c20-17(22-12-14-5-2-1-3-6-14)19-10-4-7-16(11-19)21-13-15-8-9-18-15/h1-7,10,15,18H,8-9,11-13H2. The third-order valence-electron chi connectivity index (χ3n) is 3.71. The van der Waals surface area contributed by atoms with Gasteiger partial charge in [-0.15, -0.1) is 0 Å². The van der Waals surface area contributed by atoms with Crippen molar-refractivity contribution in [2.75, 3.05) is 19.7 Å². The smallest absolute Gasteiger partial charge is 0.414 e. The van der Waals surface area contributed by atoms with Gasteiger partial charge in [0, 0.05) is 12.2 Å². The Morgan fingerprint density at radius 2 is 2.14 bits per heavy atom. The van der Waals surface area contributed by atoms with Crippen LogP contribution in [0.25, 0.3) is 0 Å². The number of amides is 1. The van der Waals surface area contributed by atoms with Crippen molar-refractivity contribution in [1.29, 1.82) is 0 Å². The molecular formula is C17H20N2O3. The van der Waals surface area contributed by atoms with Crippen LogP contribution in [0.3, 0.4) is 0 Å². The van der Waals surface area contributed by atoms with Gasteiger partial charge in [0.05, 0.1) is 6.54 Å². The Labute approximate surface area is 130 Å². The monoisotopic (exact) mass is 300 g/mol. The van der Waals surface area contributed by atoms with Crippen molar-refractivity contribution in [1.82, 2.24) is 10.2 Å². The van der Waals surface area contributed by atoms with E-state index in [0.29, 0.717) is 19.2 Å². The number of hydrogen-bond donors (Lipinski definition) is 1. The second-order valence-electron chi connectivity index (χ2n) is 5.39. The summed E-state index contributed by atoms with van der Waals surface area (Å²) in [6, 6.07) is 10.1. The topological polar surface area (TPSA) is 50.8 Å². The third-order valence-corrected chi connectivity index (χ3v) is 3.71. The average molecular weight is 300 g/mol. The first-order chi connectivity index (χ1) is 10.8. The summed E-state index contributed by atoms with van der Waals surface area (Å²) in [7, 11) is 0. The fourth-order valence-corrected chi connectivity index (χ4v) is 2.25. The minimum Gasteiger partial charge on any atom is -0.494 e. The molecule has 0 aromatic heterocycles. The first-order valence-corrected chi connectivity index (χ1v) is 7.52. The Kier molecular flexibility index (Phi) is 4.75. The van der Waals surface area contributed by atoms with Gasteiger partial charge < -0.3 is 14.8 Å². The van der Waals surface area contributed by atoms with E-state index < -0.39 is 0 Å². The lowest BCUT2D eigenvalue weighted by Gasteiger charge is -2.29. The lowest BCUT2D eigenvalue weighted by atomic mass is 10.1. The molecule has 0 radical (unpaired) electrons. The molecule has 1 aromatic rings. The predicted octanol–water partition coefficient (Wildman–Crippen LogP) is 2.41. The van der Waals surface area contributed by atoms with Crippen LogP contribution in [0.2, 0.25) is 0 Å². The molecule has 0 bridgehead atoms. The van der Waals surface area contributed by atoms with Crippen molar-refractivity contribution in [3.63, 3.8) is 0 Å². The molecule has 1 aromatic carbocycles. The Balaban J connectivity index is 1.44. The van der Waals surface area contributed by atoms with Gasteiger partial charge >= 0.3 is 6.09 Å². The molecule has 0 aliphatic carbocycles. The molecule has 2 aliphatic rings. The van der Waals surface area contributed by atoms with Gasteiger partial charge in [0.15, 0.2) is 0 Å². The van der Waals surface area contributed by atoms with Crippen molar-refractivity contribution in [2.24, 2.45) is 0 Å². The fourth-order valence-electron chi connectivity index (χ4n) is 2.25. The number of hydrogen-bond acceptors (Lipinski definition) is 4. The van der Waals surface area contributed by atoms with E-state index in [9.17, 15) is 4.79 Å². The number of rotatable bonds is 5. The van der Waals surface area contributed by atoms with E-state index >= 15 is 0 Å². The minimum absolute atomic E-state index is 0.274. The number of benzene rings is 1. The van der Waals surface area contributed by atoms with Crippen LogP contribution in [-0.2, 0) is 16.1 Å². The maximum absolute atomic E-state index is 12.1. The highest BCUT2D eigenvalue weighted by atomic mass is 16.6. The van der Waals surface area contributed by atoms with Crippen molar-refractivity contribution < 1.29 is 14.3 Å². The van der Waals surface area contributed by atoms with Gasteiger partial charge in [0.25, 0.3) is 0 Å². The molecule has 2 heterocycles. The van der Waals surface area contributed by atoms with Gasteiger partial charge in [-0.1, -0.05) is 30.3 Å². The van der Waals surface area contributed by atoms with Gasteiger partial charge in [0.1, 0.15) is 19.0 Å². The molecule has 2 aliphatic heterocycles. The zero-order valence-corrected chi connectivity index (χ0v) is 12.4. The van der Waals surface area contributed by atoms with Crippen molar-refractivity contribution in [3.8, 4) is 0 Å². The fraction of sp³-hybridized carbons (Fsp3) is 0.353. The summed E-state index contributed by atoms with van der Waals surface area (Å²) in [5, 5.41) is 3.28. The van der Waals surface area contributed by atoms with E-state index in [1.165, 1.54) is 4.90 Å². The summed E-state index contributed by atoms with van der Waals surface area (Å²) < 4.78 is 11.0. The van der Waals surface area contributed by atoms with E-state index in [4.69, 9.17) is 9.47 Å². The lowest BCUT2D eigenvalue weighted by Crippen LogP contribution is -2.46. The van der Waals surface area contributed by atoms with Crippen LogP contribution in [-0.4, -0.2) is 36.7 Å². The predicted molar refractivity (Wildman–Crippen MR) is 82.9 cm³/mol. The van der Waals surface area contributed by atoms with Crippen LogP contribution in [0.4, 0.5) is 4.79 Å². The largest absolute Gasteiger partial charge is 0.494 e. The quantitative estimate of drug-likeness (QED) is 0.907. The molecule has 0 saturated carbocycles. The summed E-state index contributed by atoms with van der Waals surface area (Å²) in [5.41, 5.74) is 0.972. The highest BCUT2D eigenvalue weighted by Gasteiger charge is 2.20. The number of nitrogens with one attached hydrogen (secondary N) is 1. The second kappa shape index (κ2) is 7.13. The van der Waals surface area contributed by atoms with E-state index in [0.717, 1.165) is 24.3 Å². The van der Waals surface area contributed by atoms with Gasteiger partial charge in [-0.25, -0.2) is 4.79 Å². The van der Waals surface area contributed by atoms with Gasteiger partial charge in [0.2, 0.25) is 0 Å². The van der Waals surface area contributed by atoms with Crippen LogP contribution in [0.5, 0.6) is 0 Å². The number of carbonyl (C=O) groups excluding carboxylic acids is 1. The minimum atomic E-state index is -0.365. The maximum Gasteiger partial charge on any atom is 0.414 e. The molecule has 5 heteroatoms. The van der Waals surface area contributed by atoms with Gasteiger partial charge in [-0.2, -0.15) is 0 Å².